The summed E-state index contributed by atoms with van der Waals surface area (Å²) in [7, 11) is 0. The third-order valence-electron chi connectivity index (χ3n) is 6.44. The van der Waals surface area contributed by atoms with Gasteiger partial charge in [-0.2, -0.15) is 0 Å². The van der Waals surface area contributed by atoms with Crippen molar-refractivity contribution in [3.8, 4) is 0 Å². The van der Waals surface area contributed by atoms with Crippen LogP contribution < -0.4 is 9.80 Å². The molecule has 1 saturated carbocycles. The Bertz CT molecular complexity index is 894. The maximum absolute atomic E-state index is 12.6. The molecule has 2 aliphatic heterocycles. The van der Waals surface area contributed by atoms with Crippen molar-refractivity contribution >= 4 is 17.5 Å². The van der Waals surface area contributed by atoms with Gasteiger partial charge in [0.05, 0.1) is 6.10 Å². The highest BCUT2D eigenvalue weighted by Gasteiger charge is 2.35. The van der Waals surface area contributed by atoms with E-state index < -0.39 is 6.10 Å². The largest absolute Gasteiger partial charge is 0.387 e. The zero-order chi connectivity index (χ0) is 20.5. The monoisotopic (exact) mass is 407 g/mol. The zero-order valence-corrected chi connectivity index (χ0v) is 17.3. The number of fused-ring (bicyclic) bond motifs is 1. The molecule has 30 heavy (non-hydrogen) atoms. The highest BCUT2D eigenvalue weighted by Crippen LogP contribution is 2.36. The highest BCUT2D eigenvalue weighted by molar-refractivity contribution is 5.97. The number of nitrogens with zero attached hydrogens (tertiary/aromatic N) is 5. The highest BCUT2D eigenvalue weighted by atomic mass is 16.3. The van der Waals surface area contributed by atoms with Crippen LogP contribution in [0.5, 0.6) is 0 Å². The first-order valence-corrected chi connectivity index (χ1v) is 11.1. The summed E-state index contributed by atoms with van der Waals surface area (Å²) in [5.41, 5.74) is 3.19. The van der Waals surface area contributed by atoms with Gasteiger partial charge in [0.25, 0.3) is 0 Å². The summed E-state index contributed by atoms with van der Waals surface area (Å²) in [6.07, 6.45) is 7.05. The van der Waals surface area contributed by atoms with Crippen molar-refractivity contribution < 1.29 is 9.90 Å². The SMILES string of the molecule is O=C(C1CC1)N1CCCc2cc([C@@H](O)CN3CCN(c4ncccn4)CC3)ccc21. The summed E-state index contributed by atoms with van der Waals surface area (Å²) in [6, 6.07) is 7.98. The molecule has 0 bridgehead atoms. The van der Waals surface area contributed by atoms with Gasteiger partial charge in [-0.05, 0) is 48.9 Å². The Morgan fingerprint density at radius 3 is 2.60 bits per heavy atom. The van der Waals surface area contributed by atoms with Crippen molar-refractivity contribution in [2.75, 3.05) is 49.1 Å². The quantitative estimate of drug-likeness (QED) is 0.818. The first kappa shape index (κ1) is 19.5. The normalized spacial score (nSPS) is 20.7. The van der Waals surface area contributed by atoms with Crippen LogP contribution in [0.1, 0.15) is 36.5 Å². The number of benzene rings is 1. The summed E-state index contributed by atoms with van der Waals surface area (Å²) < 4.78 is 0. The number of amides is 1. The van der Waals surface area contributed by atoms with Gasteiger partial charge >= 0.3 is 0 Å². The predicted octanol–water partition coefficient (Wildman–Crippen LogP) is 2.02. The van der Waals surface area contributed by atoms with Crippen LogP contribution >= 0.6 is 0 Å². The molecule has 7 nitrogen and oxygen atoms in total. The molecule has 1 saturated heterocycles. The molecule has 2 fully saturated rings. The lowest BCUT2D eigenvalue weighted by molar-refractivity contribution is -0.119. The molecule has 1 aliphatic carbocycles. The fourth-order valence-electron chi connectivity index (χ4n) is 4.54. The van der Waals surface area contributed by atoms with Crippen LogP contribution in [0.15, 0.2) is 36.7 Å². The van der Waals surface area contributed by atoms with E-state index in [9.17, 15) is 9.90 Å². The Hall–Kier alpha value is -2.51. The van der Waals surface area contributed by atoms with Gasteiger partial charge in [0, 0.05) is 63.3 Å². The molecule has 7 heteroatoms. The number of piperazine rings is 1. The summed E-state index contributed by atoms with van der Waals surface area (Å²) >= 11 is 0. The third-order valence-corrected chi connectivity index (χ3v) is 6.44. The lowest BCUT2D eigenvalue weighted by atomic mass is 9.96. The van der Waals surface area contributed by atoms with Gasteiger partial charge in [-0.15, -0.1) is 0 Å². The lowest BCUT2D eigenvalue weighted by Crippen LogP contribution is -2.48. The minimum Gasteiger partial charge on any atom is -0.387 e. The van der Waals surface area contributed by atoms with Crippen molar-refractivity contribution in [1.82, 2.24) is 14.9 Å². The molecule has 1 amide bonds. The van der Waals surface area contributed by atoms with Crippen molar-refractivity contribution in [2.45, 2.75) is 31.8 Å². The van der Waals surface area contributed by atoms with Crippen molar-refractivity contribution in [2.24, 2.45) is 5.92 Å². The van der Waals surface area contributed by atoms with Crippen molar-refractivity contribution in [3.63, 3.8) is 0 Å². The number of β-amino-alcohol motifs (C(OH)–C–C–N with tert-alkyl or cyclic N) is 1. The van der Waals surface area contributed by atoms with Crippen LogP contribution in [0.3, 0.4) is 0 Å². The molecule has 1 atom stereocenters. The molecule has 0 radical (unpaired) electrons. The maximum atomic E-state index is 12.6. The Morgan fingerprint density at radius 2 is 1.87 bits per heavy atom. The number of aliphatic hydroxyl groups is 1. The molecule has 2 aromatic rings. The average molecular weight is 408 g/mol. The standard InChI is InChI=1S/C23H29N5O2/c29-21(16-26-11-13-27(14-12-26)23-24-8-2-9-25-23)19-6-7-20-18(15-19)3-1-10-28(20)22(30)17-4-5-17/h2,6-9,15,17,21,29H,1,3-5,10-14,16H2/t21-/m0/s1. The van der Waals surface area contributed by atoms with E-state index in [4.69, 9.17) is 0 Å². The fourth-order valence-corrected chi connectivity index (χ4v) is 4.54. The average Bonchev–Trinajstić information content (AvgIpc) is 3.64. The number of aryl methyl sites for hydroxylation is 1. The number of rotatable bonds is 5. The summed E-state index contributed by atoms with van der Waals surface area (Å²) in [4.78, 5) is 27.7. The number of hydrogen-bond acceptors (Lipinski definition) is 6. The number of anilines is 2. The first-order valence-electron chi connectivity index (χ1n) is 11.1. The molecule has 3 heterocycles. The van der Waals surface area contributed by atoms with Crippen LogP contribution in [0.4, 0.5) is 11.6 Å². The fraction of sp³-hybridized carbons (Fsp3) is 0.522. The molecule has 3 aliphatic rings. The second-order valence-corrected chi connectivity index (χ2v) is 8.61. The number of aromatic nitrogens is 2. The number of aliphatic hydroxyl groups excluding tert-OH is 1. The second kappa shape index (κ2) is 8.32. The predicted molar refractivity (Wildman–Crippen MR) is 115 cm³/mol. The Balaban J connectivity index is 1.21. The van der Waals surface area contributed by atoms with E-state index in [0.717, 1.165) is 75.6 Å². The van der Waals surface area contributed by atoms with E-state index in [-0.39, 0.29) is 11.8 Å². The van der Waals surface area contributed by atoms with E-state index in [1.165, 1.54) is 5.56 Å². The third kappa shape index (κ3) is 4.04. The molecule has 158 valence electrons. The van der Waals surface area contributed by atoms with Crippen LogP contribution in [0.2, 0.25) is 0 Å². The van der Waals surface area contributed by atoms with Crippen LogP contribution in [0.25, 0.3) is 0 Å². The number of carbonyl (C=O) groups is 1. The summed E-state index contributed by atoms with van der Waals surface area (Å²) in [5.74, 6) is 1.29. The van der Waals surface area contributed by atoms with Crippen LogP contribution in [-0.4, -0.2) is 65.2 Å². The molecule has 0 unspecified atom stereocenters. The van der Waals surface area contributed by atoms with Gasteiger partial charge in [-0.25, -0.2) is 9.97 Å². The van der Waals surface area contributed by atoms with E-state index in [1.54, 1.807) is 12.4 Å². The number of hydrogen-bond donors (Lipinski definition) is 1. The zero-order valence-electron chi connectivity index (χ0n) is 17.3. The molecule has 0 spiro atoms. The van der Waals surface area contributed by atoms with Crippen molar-refractivity contribution in [1.29, 1.82) is 0 Å². The Morgan fingerprint density at radius 1 is 1.10 bits per heavy atom. The van der Waals surface area contributed by atoms with Gasteiger partial charge in [0.2, 0.25) is 11.9 Å². The van der Waals surface area contributed by atoms with E-state index in [2.05, 4.69) is 25.8 Å². The molecule has 5 rings (SSSR count). The van der Waals surface area contributed by atoms with Crippen LogP contribution in [0, 0.1) is 5.92 Å². The topological polar surface area (TPSA) is 72.8 Å². The minimum atomic E-state index is -0.524. The van der Waals surface area contributed by atoms with Gasteiger partial charge in [0.1, 0.15) is 0 Å². The van der Waals surface area contributed by atoms with Crippen LogP contribution in [-0.2, 0) is 11.2 Å². The van der Waals surface area contributed by atoms with E-state index >= 15 is 0 Å². The molecule has 1 N–H and O–H groups in total. The smallest absolute Gasteiger partial charge is 0.230 e. The second-order valence-electron chi connectivity index (χ2n) is 8.61. The Kier molecular flexibility index (Phi) is 5.39. The van der Waals surface area contributed by atoms with E-state index in [1.807, 2.05) is 23.1 Å². The molecular formula is C23H29N5O2. The number of carbonyl (C=O) groups excluding carboxylic acids is 1. The maximum Gasteiger partial charge on any atom is 0.230 e. The molecule has 1 aromatic heterocycles. The van der Waals surface area contributed by atoms with E-state index in [0.29, 0.717) is 6.54 Å². The summed E-state index contributed by atoms with van der Waals surface area (Å²) in [5, 5.41) is 10.9. The van der Waals surface area contributed by atoms with Gasteiger partial charge < -0.3 is 14.9 Å². The van der Waals surface area contributed by atoms with Gasteiger partial charge in [-0.1, -0.05) is 12.1 Å². The molecular weight excluding hydrogens is 378 g/mol. The molecule has 1 aromatic carbocycles. The Labute approximate surface area is 177 Å². The summed E-state index contributed by atoms with van der Waals surface area (Å²) in [6.45, 7) is 4.92. The van der Waals surface area contributed by atoms with Gasteiger partial charge in [0.15, 0.2) is 0 Å². The first-order chi connectivity index (χ1) is 14.7. The lowest BCUT2D eigenvalue weighted by Gasteiger charge is -2.35. The van der Waals surface area contributed by atoms with Gasteiger partial charge in [-0.3, -0.25) is 9.69 Å². The van der Waals surface area contributed by atoms with Crippen molar-refractivity contribution in [3.05, 3.63) is 47.8 Å². The minimum absolute atomic E-state index is 0.237.